The Morgan fingerprint density at radius 1 is 1.00 bits per heavy atom. The maximum absolute atomic E-state index is 16.6. The third-order valence-electron chi connectivity index (χ3n) is 5.37. The molecule has 5 nitrogen and oxygen atoms in total. The summed E-state index contributed by atoms with van der Waals surface area (Å²) in [6.07, 6.45) is 2.92. The van der Waals surface area contributed by atoms with Gasteiger partial charge >= 0.3 is 0 Å². The summed E-state index contributed by atoms with van der Waals surface area (Å²) in [5.41, 5.74) is 0.233. The summed E-state index contributed by atoms with van der Waals surface area (Å²) in [6, 6.07) is 20.8. The Hall–Kier alpha value is -4.49. The van der Waals surface area contributed by atoms with E-state index >= 15 is 4.39 Å². The number of ether oxygens (including phenoxy) is 1. The predicted octanol–water partition coefficient (Wildman–Crippen LogP) is 5.26. The molecule has 3 aromatic carbocycles. The summed E-state index contributed by atoms with van der Waals surface area (Å²) >= 11 is 0. The van der Waals surface area contributed by atoms with E-state index in [4.69, 9.17) is 10.00 Å². The van der Waals surface area contributed by atoms with Gasteiger partial charge in [0.15, 0.2) is 0 Å². The van der Waals surface area contributed by atoms with Gasteiger partial charge in [0.05, 0.1) is 41.5 Å². The number of benzene rings is 3. The summed E-state index contributed by atoms with van der Waals surface area (Å²) in [6.45, 7) is -0.410. The molecule has 1 aromatic heterocycles. The van der Waals surface area contributed by atoms with Crippen LogP contribution in [0.2, 0.25) is 0 Å². The fraction of sp³-hybridized carbons (Fsp3) is 0.115. The first-order valence-electron chi connectivity index (χ1n) is 10.0. The second-order valence-electron chi connectivity index (χ2n) is 7.50. The number of nitriles is 2. The summed E-state index contributed by atoms with van der Waals surface area (Å²) in [5.74, 6) is -0.134. The smallest absolute Gasteiger partial charge is 0.210 e. The molecular weight excluding hydrogens is 422 g/mol. The number of hydrogen-bond acceptors (Lipinski definition) is 4. The first-order chi connectivity index (χ1) is 15.9. The number of aryl methyl sites for hydroxylation is 1. The standard InChI is InChI=1S/C26H18F2N4O/c1-32-17-31-15-25(32)26(28,21-8-5-18(13-29)6-9-21)16-33-24-10-7-19(14-30)11-23(24)20-3-2-4-22(27)12-20/h2-12,15,17H,16H2,1H3. The van der Waals surface area contributed by atoms with Crippen molar-refractivity contribution in [2.75, 3.05) is 6.61 Å². The quantitative estimate of drug-likeness (QED) is 0.410. The molecule has 1 atom stereocenters. The molecule has 0 fully saturated rings. The highest BCUT2D eigenvalue weighted by atomic mass is 19.1. The SMILES string of the molecule is Cn1cncc1C(F)(COc1ccc(C#N)cc1-c1cccc(F)c1)c1ccc(C#N)cc1. The monoisotopic (exact) mass is 440 g/mol. The lowest BCUT2D eigenvalue weighted by molar-refractivity contribution is 0.115. The molecule has 0 saturated carbocycles. The van der Waals surface area contributed by atoms with Crippen molar-refractivity contribution < 1.29 is 13.5 Å². The molecule has 0 bridgehead atoms. The van der Waals surface area contributed by atoms with Crippen molar-refractivity contribution >= 4 is 0 Å². The number of nitrogens with zero attached hydrogens (tertiary/aromatic N) is 4. The summed E-state index contributed by atoms with van der Waals surface area (Å²) in [5, 5.41) is 18.4. The molecule has 162 valence electrons. The lowest BCUT2D eigenvalue weighted by Crippen LogP contribution is -2.32. The number of rotatable bonds is 6. The van der Waals surface area contributed by atoms with Crippen molar-refractivity contribution in [3.63, 3.8) is 0 Å². The lowest BCUT2D eigenvalue weighted by Gasteiger charge is -2.27. The normalized spacial score (nSPS) is 12.4. The molecule has 7 heteroatoms. The Morgan fingerprint density at radius 3 is 2.36 bits per heavy atom. The molecule has 1 heterocycles. The second kappa shape index (κ2) is 8.94. The fourth-order valence-corrected chi connectivity index (χ4v) is 3.64. The van der Waals surface area contributed by atoms with Crippen LogP contribution in [0.5, 0.6) is 5.75 Å². The predicted molar refractivity (Wildman–Crippen MR) is 118 cm³/mol. The van der Waals surface area contributed by atoms with Gasteiger partial charge in [0, 0.05) is 12.6 Å². The Kier molecular flexibility index (Phi) is 5.89. The second-order valence-corrected chi connectivity index (χ2v) is 7.50. The van der Waals surface area contributed by atoms with Gasteiger partial charge in [-0.15, -0.1) is 0 Å². The van der Waals surface area contributed by atoms with Crippen molar-refractivity contribution in [1.82, 2.24) is 9.55 Å². The number of imidazole rings is 1. The van der Waals surface area contributed by atoms with Crippen molar-refractivity contribution in [1.29, 1.82) is 10.5 Å². The maximum atomic E-state index is 16.6. The first-order valence-corrected chi connectivity index (χ1v) is 10.0. The molecule has 0 aliphatic carbocycles. The maximum Gasteiger partial charge on any atom is 0.210 e. The largest absolute Gasteiger partial charge is 0.489 e. The van der Waals surface area contributed by atoms with E-state index in [0.717, 1.165) is 0 Å². The van der Waals surface area contributed by atoms with E-state index in [9.17, 15) is 9.65 Å². The molecule has 0 N–H and O–H groups in total. The average Bonchev–Trinajstić information content (AvgIpc) is 3.29. The Balaban J connectivity index is 1.75. The minimum Gasteiger partial charge on any atom is -0.489 e. The van der Waals surface area contributed by atoms with Crippen LogP contribution in [-0.2, 0) is 12.7 Å². The number of aromatic nitrogens is 2. The van der Waals surface area contributed by atoms with Crippen molar-refractivity contribution in [2.45, 2.75) is 5.67 Å². The molecule has 0 spiro atoms. The van der Waals surface area contributed by atoms with Gasteiger partial charge in [-0.25, -0.2) is 13.8 Å². The molecule has 33 heavy (non-hydrogen) atoms. The van der Waals surface area contributed by atoms with Crippen LogP contribution in [0, 0.1) is 28.5 Å². The van der Waals surface area contributed by atoms with Gasteiger partial charge in [-0.05, 0) is 53.6 Å². The molecule has 0 aliphatic rings. The van der Waals surface area contributed by atoms with Crippen LogP contribution in [0.15, 0.2) is 79.3 Å². The van der Waals surface area contributed by atoms with E-state index in [1.165, 1.54) is 24.7 Å². The van der Waals surface area contributed by atoms with E-state index in [1.54, 1.807) is 66.2 Å². The van der Waals surface area contributed by atoms with E-state index in [-0.39, 0.29) is 5.69 Å². The van der Waals surface area contributed by atoms with Crippen LogP contribution in [-0.4, -0.2) is 16.2 Å². The van der Waals surface area contributed by atoms with Crippen molar-refractivity contribution in [3.8, 4) is 29.0 Å². The van der Waals surface area contributed by atoms with Crippen molar-refractivity contribution in [3.05, 3.63) is 107 Å². The van der Waals surface area contributed by atoms with E-state index in [0.29, 0.717) is 33.6 Å². The molecular formula is C26H18F2N4O. The van der Waals surface area contributed by atoms with Crippen LogP contribution in [0.1, 0.15) is 22.4 Å². The van der Waals surface area contributed by atoms with Crippen LogP contribution in [0.3, 0.4) is 0 Å². The first kappa shape index (κ1) is 21.7. The van der Waals surface area contributed by atoms with Gasteiger partial charge in [0.2, 0.25) is 5.67 Å². The van der Waals surface area contributed by atoms with E-state index < -0.39 is 18.1 Å². The van der Waals surface area contributed by atoms with Gasteiger partial charge in [-0.3, -0.25) is 0 Å². The Morgan fingerprint density at radius 2 is 1.73 bits per heavy atom. The van der Waals surface area contributed by atoms with Crippen molar-refractivity contribution in [2.24, 2.45) is 7.05 Å². The summed E-state index contributed by atoms with van der Waals surface area (Å²) < 4.78 is 38.0. The topological polar surface area (TPSA) is 74.6 Å². The van der Waals surface area contributed by atoms with Gasteiger partial charge in [0.25, 0.3) is 0 Å². The van der Waals surface area contributed by atoms with Crippen LogP contribution in [0.25, 0.3) is 11.1 Å². The summed E-state index contributed by atoms with van der Waals surface area (Å²) in [4.78, 5) is 4.04. The van der Waals surface area contributed by atoms with Gasteiger partial charge in [0.1, 0.15) is 18.2 Å². The average molecular weight is 440 g/mol. The highest BCUT2D eigenvalue weighted by Crippen LogP contribution is 2.37. The molecule has 4 aromatic rings. The van der Waals surface area contributed by atoms with E-state index in [1.807, 2.05) is 6.07 Å². The van der Waals surface area contributed by atoms with Crippen LogP contribution in [0.4, 0.5) is 8.78 Å². The van der Waals surface area contributed by atoms with Gasteiger partial charge < -0.3 is 9.30 Å². The summed E-state index contributed by atoms with van der Waals surface area (Å²) in [7, 11) is 1.68. The minimum absolute atomic E-state index is 0.271. The third kappa shape index (κ3) is 4.30. The zero-order valence-corrected chi connectivity index (χ0v) is 17.7. The highest BCUT2D eigenvalue weighted by Gasteiger charge is 2.38. The van der Waals surface area contributed by atoms with Gasteiger partial charge in [-0.2, -0.15) is 10.5 Å². The van der Waals surface area contributed by atoms with Crippen LogP contribution >= 0.6 is 0 Å². The lowest BCUT2D eigenvalue weighted by atomic mass is 9.92. The van der Waals surface area contributed by atoms with Gasteiger partial charge in [-0.1, -0.05) is 24.3 Å². The highest BCUT2D eigenvalue weighted by molar-refractivity contribution is 5.72. The number of hydrogen-bond donors (Lipinski definition) is 0. The van der Waals surface area contributed by atoms with Crippen LogP contribution < -0.4 is 4.74 Å². The fourth-order valence-electron chi connectivity index (χ4n) is 3.64. The number of alkyl halides is 1. The Labute approximate surface area is 189 Å². The zero-order chi connectivity index (χ0) is 23.4. The molecule has 0 aliphatic heterocycles. The molecule has 4 rings (SSSR count). The third-order valence-corrected chi connectivity index (χ3v) is 5.37. The molecule has 1 unspecified atom stereocenters. The molecule has 0 saturated heterocycles. The zero-order valence-electron chi connectivity index (χ0n) is 17.7. The molecule has 0 radical (unpaired) electrons. The minimum atomic E-state index is -2.09. The Bertz CT molecular complexity index is 1380. The number of halogens is 2. The molecule has 0 amide bonds. The van der Waals surface area contributed by atoms with E-state index in [2.05, 4.69) is 11.1 Å².